The van der Waals surface area contributed by atoms with Crippen LogP contribution in [0.3, 0.4) is 0 Å². The molecule has 1 aliphatic carbocycles. The summed E-state index contributed by atoms with van der Waals surface area (Å²) in [6.45, 7) is 9.78. The van der Waals surface area contributed by atoms with E-state index >= 15 is 0 Å². The number of rotatable bonds is 13. The van der Waals surface area contributed by atoms with Gasteiger partial charge in [-0.05, 0) is 69.3 Å². The van der Waals surface area contributed by atoms with E-state index in [1.807, 2.05) is 0 Å². The summed E-state index contributed by atoms with van der Waals surface area (Å²) in [4.78, 5) is 0. The SMILES string of the molecule is CCCC(c1ccc(OC(CC(C)(c2ccccc2)c2ccccc2)OCC2c3ccccc3-c3ccccc32)cc1)C(C)C. The fraction of sp³-hybridized carbons (Fsp3) is 0.302. The van der Waals surface area contributed by atoms with Crippen LogP contribution in [-0.2, 0) is 10.2 Å². The molecule has 5 aromatic rings. The van der Waals surface area contributed by atoms with Crippen molar-refractivity contribution in [3.63, 3.8) is 0 Å². The summed E-state index contributed by atoms with van der Waals surface area (Å²) in [5.41, 5.74) is 8.83. The lowest BCUT2D eigenvalue weighted by molar-refractivity contribution is -0.0943. The van der Waals surface area contributed by atoms with Crippen molar-refractivity contribution < 1.29 is 9.47 Å². The summed E-state index contributed by atoms with van der Waals surface area (Å²) in [6, 6.07) is 47.8. The predicted octanol–water partition coefficient (Wildman–Crippen LogP) is 11.2. The average Bonchev–Trinajstić information content (AvgIpc) is 3.40. The number of hydrogen-bond donors (Lipinski definition) is 0. The highest BCUT2D eigenvalue weighted by Crippen LogP contribution is 2.45. The van der Waals surface area contributed by atoms with Gasteiger partial charge in [-0.2, -0.15) is 0 Å². The van der Waals surface area contributed by atoms with E-state index in [4.69, 9.17) is 9.47 Å². The molecule has 5 aromatic carbocycles. The molecule has 0 fully saturated rings. The van der Waals surface area contributed by atoms with E-state index < -0.39 is 6.29 Å². The molecule has 0 aromatic heterocycles. The lowest BCUT2D eigenvalue weighted by Gasteiger charge is -2.35. The Kier molecular flexibility index (Phi) is 9.52. The van der Waals surface area contributed by atoms with E-state index in [0.717, 1.165) is 5.75 Å². The van der Waals surface area contributed by atoms with Crippen molar-refractivity contribution in [2.24, 2.45) is 5.92 Å². The zero-order chi connectivity index (χ0) is 31.2. The molecule has 2 atom stereocenters. The third kappa shape index (κ3) is 6.63. The van der Waals surface area contributed by atoms with Gasteiger partial charge in [-0.15, -0.1) is 0 Å². The maximum atomic E-state index is 6.91. The van der Waals surface area contributed by atoms with Crippen molar-refractivity contribution in [2.45, 2.75) is 70.5 Å². The summed E-state index contributed by atoms with van der Waals surface area (Å²) in [6.07, 6.45) is 2.59. The van der Waals surface area contributed by atoms with Crippen molar-refractivity contribution >= 4 is 0 Å². The minimum absolute atomic E-state index is 0.159. The van der Waals surface area contributed by atoms with Gasteiger partial charge in [0, 0.05) is 17.8 Å². The molecule has 0 saturated heterocycles. The fourth-order valence-electron chi connectivity index (χ4n) is 7.27. The van der Waals surface area contributed by atoms with E-state index in [2.05, 4.69) is 161 Å². The highest BCUT2D eigenvalue weighted by molar-refractivity contribution is 5.78. The molecule has 0 heterocycles. The van der Waals surface area contributed by atoms with Crippen LogP contribution in [0.25, 0.3) is 11.1 Å². The van der Waals surface area contributed by atoms with Gasteiger partial charge < -0.3 is 9.47 Å². The lowest BCUT2D eigenvalue weighted by atomic mass is 9.73. The van der Waals surface area contributed by atoms with Crippen LogP contribution in [0, 0.1) is 5.92 Å². The molecular formula is C43H46O2. The van der Waals surface area contributed by atoms with Crippen LogP contribution in [0.1, 0.15) is 86.6 Å². The first-order valence-corrected chi connectivity index (χ1v) is 16.7. The van der Waals surface area contributed by atoms with Crippen molar-refractivity contribution in [3.8, 4) is 16.9 Å². The average molecular weight is 595 g/mol. The molecule has 230 valence electrons. The number of fused-ring (bicyclic) bond motifs is 3. The van der Waals surface area contributed by atoms with Crippen molar-refractivity contribution in [1.29, 1.82) is 0 Å². The van der Waals surface area contributed by atoms with Crippen LogP contribution in [-0.4, -0.2) is 12.9 Å². The van der Waals surface area contributed by atoms with Crippen molar-refractivity contribution in [3.05, 3.63) is 161 Å². The van der Waals surface area contributed by atoms with Crippen LogP contribution >= 0.6 is 0 Å². The van der Waals surface area contributed by atoms with Gasteiger partial charge in [-0.3, -0.25) is 0 Å². The first-order chi connectivity index (χ1) is 22.0. The Morgan fingerprint density at radius 2 is 1.16 bits per heavy atom. The second-order valence-electron chi connectivity index (χ2n) is 13.1. The van der Waals surface area contributed by atoms with Crippen LogP contribution in [0.5, 0.6) is 5.75 Å². The monoisotopic (exact) mass is 594 g/mol. The highest BCUT2D eigenvalue weighted by atomic mass is 16.7. The highest BCUT2D eigenvalue weighted by Gasteiger charge is 2.35. The van der Waals surface area contributed by atoms with Crippen LogP contribution in [0.4, 0.5) is 0 Å². The molecule has 0 radical (unpaired) electrons. The Balaban J connectivity index is 1.32. The third-order valence-corrected chi connectivity index (χ3v) is 9.79. The first kappa shape index (κ1) is 30.9. The van der Waals surface area contributed by atoms with Gasteiger partial charge in [0.2, 0.25) is 6.29 Å². The quantitative estimate of drug-likeness (QED) is 0.126. The van der Waals surface area contributed by atoms with E-state index in [9.17, 15) is 0 Å². The Bertz CT molecular complexity index is 1570. The normalized spacial score (nSPS) is 14.2. The maximum absolute atomic E-state index is 6.91. The molecule has 45 heavy (non-hydrogen) atoms. The number of benzene rings is 5. The second-order valence-corrected chi connectivity index (χ2v) is 13.1. The maximum Gasteiger partial charge on any atom is 0.201 e. The van der Waals surface area contributed by atoms with E-state index in [-0.39, 0.29) is 11.3 Å². The molecule has 0 spiro atoms. The molecule has 2 unspecified atom stereocenters. The Morgan fingerprint density at radius 3 is 1.67 bits per heavy atom. The van der Waals surface area contributed by atoms with E-state index in [1.54, 1.807) is 0 Å². The summed E-state index contributed by atoms with van der Waals surface area (Å²) >= 11 is 0. The van der Waals surface area contributed by atoms with Gasteiger partial charge in [-0.25, -0.2) is 0 Å². The molecule has 2 heteroatoms. The predicted molar refractivity (Wildman–Crippen MR) is 187 cm³/mol. The zero-order valence-electron chi connectivity index (χ0n) is 27.2. The molecule has 0 aliphatic heterocycles. The first-order valence-electron chi connectivity index (χ1n) is 16.7. The van der Waals surface area contributed by atoms with Gasteiger partial charge >= 0.3 is 0 Å². The van der Waals surface area contributed by atoms with Crippen LogP contribution in [0.2, 0.25) is 0 Å². The number of ether oxygens (including phenoxy) is 2. The van der Waals surface area contributed by atoms with Gasteiger partial charge in [0.05, 0.1) is 6.61 Å². The Labute approximate surface area is 270 Å². The summed E-state index contributed by atoms with van der Waals surface area (Å²) < 4.78 is 13.7. The summed E-state index contributed by atoms with van der Waals surface area (Å²) in [7, 11) is 0. The van der Waals surface area contributed by atoms with E-state index in [0.29, 0.717) is 24.9 Å². The second kappa shape index (κ2) is 13.9. The van der Waals surface area contributed by atoms with Gasteiger partial charge in [-0.1, -0.05) is 155 Å². The molecule has 6 rings (SSSR count). The van der Waals surface area contributed by atoms with Crippen LogP contribution < -0.4 is 4.74 Å². The third-order valence-electron chi connectivity index (χ3n) is 9.79. The summed E-state index contributed by atoms with van der Waals surface area (Å²) in [5.74, 6) is 2.16. The number of hydrogen-bond acceptors (Lipinski definition) is 2. The molecule has 2 nitrogen and oxygen atoms in total. The Morgan fingerprint density at radius 1 is 0.644 bits per heavy atom. The molecule has 1 aliphatic rings. The zero-order valence-corrected chi connectivity index (χ0v) is 27.2. The largest absolute Gasteiger partial charge is 0.465 e. The lowest BCUT2D eigenvalue weighted by Crippen LogP contribution is -2.34. The molecule has 0 bridgehead atoms. The van der Waals surface area contributed by atoms with Crippen molar-refractivity contribution in [2.75, 3.05) is 6.61 Å². The van der Waals surface area contributed by atoms with Crippen LogP contribution in [0.15, 0.2) is 133 Å². The topological polar surface area (TPSA) is 18.5 Å². The van der Waals surface area contributed by atoms with Gasteiger partial charge in [0.1, 0.15) is 5.75 Å². The summed E-state index contributed by atoms with van der Waals surface area (Å²) in [5, 5.41) is 0. The minimum Gasteiger partial charge on any atom is -0.465 e. The van der Waals surface area contributed by atoms with Crippen molar-refractivity contribution in [1.82, 2.24) is 0 Å². The molecular weight excluding hydrogens is 548 g/mol. The van der Waals surface area contributed by atoms with Gasteiger partial charge in [0.15, 0.2) is 0 Å². The van der Waals surface area contributed by atoms with E-state index in [1.165, 1.54) is 51.8 Å². The molecule has 0 saturated carbocycles. The Hall–Kier alpha value is -4.14. The minimum atomic E-state index is -0.460. The molecule has 0 N–H and O–H groups in total. The smallest absolute Gasteiger partial charge is 0.201 e. The fourth-order valence-corrected chi connectivity index (χ4v) is 7.27. The standard InChI is InChI=1S/C43H46O2/c1-5-16-36(31(2)3)32-25-27-35(28-26-32)45-42(29-43(4,33-17-8-6-9-18-33)34-19-10-7-11-20-34)44-30-41-39-23-14-12-21-37(39)38-22-13-15-24-40(38)41/h6-15,17-28,31,36,41-42H,5,16,29-30H2,1-4H3. The van der Waals surface area contributed by atoms with Gasteiger partial charge in [0.25, 0.3) is 0 Å². The molecule has 0 amide bonds.